The summed E-state index contributed by atoms with van der Waals surface area (Å²) < 4.78 is 0. The summed E-state index contributed by atoms with van der Waals surface area (Å²) in [5.74, 6) is 0. The first kappa shape index (κ1) is 11.8. The third-order valence-electron chi connectivity index (χ3n) is 2.69. The van der Waals surface area contributed by atoms with Crippen molar-refractivity contribution in [3.8, 4) is 10.6 Å². The van der Waals surface area contributed by atoms with Crippen LogP contribution in [0.5, 0.6) is 0 Å². The summed E-state index contributed by atoms with van der Waals surface area (Å²) in [4.78, 5) is 5.98. The van der Waals surface area contributed by atoms with E-state index in [0.717, 1.165) is 10.7 Å². The number of thiazole rings is 1. The van der Waals surface area contributed by atoms with Gasteiger partial charge in [0.25, 0.3) is 0 Å². The van der Waals surface area contributed by atoms with Gasteiger partial charge in [-0.3, -0.25) is 0 Å². The fraction of sp³-hybridized carbons (Fsp3) is 0.417. The SMILES string of the molecule is Cc1ccsc1-c1csc(C(C)(C)CN)n1. The largest absolute Gasteiger partial charge is 0.330 e. The quantitative estimate of drug-likeness (QED) is 0.909. The number of thiophene rings is 1. The van der Waals surface area contributed by atoms with Crippen molar-refractivity contribution in [1.29, 1.82) is 0 Å². The van der Waals surface area contributed by atoms with E-state index in [4.69, 9.17) is 10.7 Å². The summed E-state index contributed by atoms with van der Waals surface area (Å²) in [6.45, 7) is 7.02. The lowest BCUT2D eigenvalue weighted by Crippen LogP contribution is -2.27. The maximum absolute atomic E-state index is 5.77. The van der Waals surface area contributed by atoms with Crippen LogP contribution in [-0.2, 0) is 5.41 Å². The summed E-state index contributed by atoms with van der Waals surface area (Å²) in [7, 11) is 0. The zero-order valence-electron chi connectivity index (χ0n) is 9.78. The van der Waals surface area contributed by atoms with E-state index in [1.807, 2.05) is 0 Å². The molecular weight excluding hydrogens is 236 g/mol. The molecule has 0 spiro atoms. The zero-order chi connectivity index (χ0) is 11.8. The molecule has 0 amide bonds. The summed E-state index contributed by atoms with van der Waals surface area (Å²) in [6, 6.07) is 2.13. The minimum Gasteiger partial charge on any atom is -0.330 e. The Morgan fingerprint density at radius 2 is 2.12 bits per heavy atom. The Labute approximate surface area is 104 Å². The molecule has 86 valence electrons. The first-order valence-electron chi connectivity index (χ1n) is 5.25. The third kappa shape index (κ3) is 2.05. The van der Waals surface area contributed by atoms with Crippen LogP contribution in [0.25, 0.3) is 10.6 Å². The number of rotatable bonds is 3. The van der Waals surface area contributed by atoms with Gasteiger partial charge >= 0.3 is 0 Å². The topological polar surface area (TPSA) is 38.9 Å². The minimum absolute atomic E-state index is 0.0198. The molecule has 0 saturated heterocycles. The lowest BCUT2D eigenvalue weighted by Gasteiger charge is -2.18. The standard InChI is InChI=1S/C12H16N2S2/c1-8-4-5-15-10(8)9-6-16-11(14-9)12(2,3)7-13/h4-6H,7,13H2,1-3H3. The molecule has 0 unspecified atom stereocenters. The molecule has 0 aliphatic rings. The average Bonchev–Trinajstić information content (AvgIpc) is 2.85. The van der Waals surface area contributed by atoms with Crippen LogP contribution in [0.2, 0.25) is 0 Å². The molecule has 2 rings (SSSR count). The maximum Gasteiger partial charge on any atom is 0.100 e. The van der Waals surface area contributed by atoms with Crippen LogP contribution in [0.3, 0.4) is 0 Å². The average molecular weight is 252 g/mol. The molecule has 0 saturated carbocycles. The number of aryl methyl sites for hydroxylation is 1. The summed E-state index contributed by atoms with van der Waals surface area (Å²) >= 11 is 3.45. The van der Waals surface area contributed by atoms with Crippen molar-refractivity contribution in [3.63, 3.8) is 0 Å². The van der Waals surface area contributed by atoms with Gasteiger partial charge in [-0.25, -0.2) is 4.98 Å². The van der Waals surface area contributed by atoms with E-state index in [9.17, 15) is 0 Å². The van der Waals surface area contributed by atoms with Crippen LogP contribution in [0, 0.1) is 6.92 Å². The fourth-order valence-corrected chi connectivity index (χ4v) is 3.32. The van der Waals surface area contributed by atoms with Crippen molar-refractivity contribution in [1.82, 2.24) is 4.98 Å². The van der Waals surface area contributed by atoms with Crippen LogP contribution in [0.15, 0.2) is 16.8 Å². The highest BCUT2D eigenvalue weighted by Gasteiger charge is 2.23. The van der Waals surface area contributed by atoms with E-state index < -0.39 is 0 Å². The Kier molecular flexibility index (Phi) is 3.15. The molecule has 0 fully saturated rings. The van der Waals surface area contributed by atoms with Gasteiger partial charge in [0.1, 0.15) is 5.01 Å². The zero-order valence-corrected chi connectivity index (χ0v) is 11.4. The molecule has 0 aromatic carbocycles. The Bertz CT molecular complexity index is 483. The molecule has 2 nitrogen and oxygen atoms in total. The van der Waals surface area contributed by atoms with Crippen molar-refractivity contribution in [3.05, 3.63) is 27.4 Å². The van der Waals surface area contributed by atoms with Gasteiger partial charge in [-0.15, -0.1) is 22.7 Å². The summed E-state index contributed by atoms with van der Waals surface area (Å²) in [5, 5.41) is 5.36. The minimum atomic E-state index is -0.0198. The second-order valence-corrected chi connectivity index (χ2v) is 6.33. The van der Waals surface area contributed by atoms with E-state index in [1.54, 1.807) is 22.7 Å². The number of hydrogen-bond acceptors (Lipinski definition) is 4. The predicted molar refractivity (Wildman–Crippen MR) is 72.2 cm³/mol. The maximum atomic E-state index is 5.77. The second-order valence-electron chi connectivity index (χ2n) is 4.56. The van der Waals surface area contributed by atoms with Gasteiger partial charge in [-0.05, 0) is 23.9 Å². The van der Waals surface area contributed by atoms with E-state index >= 15 is 0 Å². The highest BCUT2D eigenvalue weighted by Crippen LogP contribution is 2.33. The monoisotopic (exact) mass is 252 g/mol. The molecule has 0 bridgehead atoms. The van der Waals surface area contributed by atoms with Gasteiger partial charge in [0.15, 0.2) is 0 Å². The Morgan fingerprint density at radius 3 is 2.69 bits per heavy atom. The van der Waals surface area contributed by atoms with Crippen molar-refractivity contribution in [2.45, 2.75) is 26.2 Å². The highest BCUT2D eigenvalue weighted by atomic mass is 32.1. The first-order valence-corrected chi connectivity index (χ1v) is 7.01. The smallest absolute Gasteiger partial charge is 0.100 e. The van der Waals surface area contributed by atoms with Gasteiger partial charge < -0.3 is 5.73 Å². The number of nitrogens with zero attached hydrogens (tertiary/aromatic N) is 1. The molecule has 0 radical (unpaired) electrons. The third-order valence-corrected chi connectivity index (χ3v) is 4.94. The van der Waals surface area contributed by atoms with Crippen LogP contribution >= 0.6 is 22.7 Å². The Hall–Kier alpha value is -0.710. The molecule has 2 heterocycles. The predicted octanol–water partition coefficient (Wildman–Crippen LogP) is 3.42. The molecular formula is C12H16N2S2. The first-order chi connectivity index (χ1) is 7.54. The van der Waals surface area contributed by atoms with Crippen LogP contribution in [0.4, 0.5) is 0 Å². The molecule has 16 heavy (non-hydrogen) atoms. The van der Waals surface area contributed by atoms with Gasteiger partial charge in [-0.2, -0.15) is 0 Å². The molecule has 0 atom stereocenters. The summed E-state index contributed by atoms with van der Waals surface area (Å²) in [5.41, 5.74) is 8.14. The molecule has 0 aliphatic carbocycles. The lowest BCUT2D eigenvalue weighted by molar-refractivity contribution is 0.536. The van der Waals surface area contributed by atoms with Crippen LogP contribution in [0.1, 0.15) is 24.4 Å². The molecule has 2 aromatic rings. The lowest BCUT2D eigenvalue weighted by atomic mass is 9.95. The van der Waals surface area contributed by atoms with Crippen molar-refractivity contribution in [2.75, 3.05) is 6.54 Å². The van der Waals surface area contributed by atoms with Gasteiger partial charge in [0.05, 0.1) is 10.6 Å². The molecule has 2 aromatic heterocycles. The fourth-order valence-electron chi connectivity index (χ4n) is 1.41. The Balaban J connectivity index is 2.37. The summed E-state index contributed by atoms with van der Waals surface area (Å²) in [6.07, 6.45) is 0. The van der Waals surface area contributed by atoms with Gasteiger partial charge in [-0.1, -0.05) is 13.8 Å². The second kappa shape index (κ2) is 4.28. The van der Waals surface area contributed by atoms with Crippen molar-refractivity contribution < 1.29 is 0 Å². The van der Waals surface area contributed by atoms with Crippen LogP contribution < -0.4 is 5.73 Å². The van der Waals surface area contributed by atoms with Gasteiger partial charge in [0, 0.05) is 17.3 Å². The highest BCUT2D eigenvalue weighted by molar-refractivity contribution is 7.14. The normalized spacial score (nSPS) is 12.0. The number of nitrogens with two attached hydrogens (primary N) is 1. The van der Waals surface area contributed by atoms with Crippen LogP contribution in [-0.4, -0.2) is 11.5 Å². The van der Waals surface area contributed by atoms with Crippen molar-refractivity contribution >= 4 is 22.7 Å². The van der Waals surface area contributed by atoms with E-state index in [-0.39, 0.29) is 5.41 Å². The Morgan fingerprint density at radius 1 is 1.38 bits per heavy atom. The number of aromatic nitrogens is 1. The van der Waals surface area contributed by atoms with Crippen molar-refractivity contribution in [2.24, 2.45) is 5.73 Å². The molecule has 0 aliphatic heterocycles. The van der Waals surface area contributed by atoms with E-state index in [0.29, 0.717) is 6.54 Å². The van der Waals surface area contributed by atoms with E-state index in [1.165, 1.54) is 10.4 Å². The molecule has 4 heteroatoms. The van der Waals surface area contributed by atoms with E-state index in [2.05, 4.69) is 37.6 Å². The van der Waals surface area contributed by atoms with Gasteiger partial charge in [0.2, 0.25) is 0 Å². The molecule has 2 N–H and O–H groups in total. The number of hydrogen-bond donors (Lipinski definition) is 1.